The predicted octanol–water partition coefficient (Wildman–Crippen LogP) is 3.77. The topological polar surface area (TPSA) is 32.3 Å². The fourth-order valence-electron chi connectivity index (χ4n) is 3.12. The number of hydrogen-bond acceptors (Lipinski definition) is 2. The van der Waals surface area contributed by atoms with Crippen molar-refractivity contribution in [2.75, 3.05) is 6.54 Å². The lowest BCUT2D eigenvalue weighted by atomic mass is 9.83. The van der Waals surface area contributed by atoms with E-state index in [0.717, 1.165) is 18.0 Å². The molecule has 2 atom stereocenters. The Hall–Kier alpha value is -0.860. The van der Waals surface area contributed by atoms with Crippen LogP contribution in [0, 0.1) is 0 Å². The third-order valence-corrected chi connectivity index (χ3v) is 4.35. The van der Waals surface area contributed by atoms with Crippen LogP contribution in [0.15, 0.2) is 24.3 Å². The summed E-state index contributed by atoms with van der Waals surface area (Å²) < 4.78 is 0. The number of aliphatic hydroxyl groups excluding tert-OH is 1. The van der Waals surface area contributed by atoms with Gasteiger partial charge in [-0.25, -0.2) is 0 Å². The zero-order valence-electron chi connectivity index (χ0n) is 12.2. The van der Waals surface area contributed by atoms with Gasteiger partial charge in [-0.05, 0) is 43.4 Å². The summed E-state index contributed by atoms with van der Waals surface area (Å²) >= 11 is 0. The lowest BCUT2D eigenvalue weighted by Gasteiger charge is -2.23. The molecule has 1 aromatic rings. The van der Waals surface area contributed by atoms with E-state index in [1.807, 2.05) is 6.92 Å². The van der Waals surface area contributed by atoms with Gasteiger partial charge < -0.3 is 10.4 Å². The Labute approximate surface area is 117 Å². The molecule has 2 unspecified atom stereocenters. The highest BCUT2D eigenvalue weighted by molar-refractivity contribution is 5.27. The van der Waals surface area contributed by atoms with Crippen LogP contribution in [0.25, 0.3) is 0 Å². The van der Waals surface area contributed by atoms with E-state index in [4.69, 9.17) is 0 Å². The fraction of sp³-hybridized carbons (Fsp3) is 0.647. The van der Waals surface area contributed by atoms with Crippen LogP contribution in [0.2, 0.25) is 0 Å². The summed E-state index contributed by atoms with van der Waals surface area (Å²) in [5, 5.41) is 13.5. The van der Waals surface area contributed by atoms with Crippen molar-refractivity contribution in [2.45, 2.75) is 64.0 Å². The van der Waals surface area contributed by atoms with Gasteiger partial charge in [0.1, 0.15) is 0 Å². The van der Waals surface area contributed by atoms with Crippen molar-refractivity contribution in [3.63, 3.8) is 0 Å². The van der Waals surface area contributed by atoms with Gasteiger partial charge in [0, 0.05) is 6.04 Å². The SMILES string of the molecule is CCNC(C)C(O)c1ccc(C2CCCCC2)cc1. The molecule has 2 heteroatoms. The Kier molecular flexibility index (Phi) is 5.41. The first-order valence-electron chi connectivity index (χ1n) is 7.73. The molecule has 0 amide bonds. The predicted molar refractivity (Wildman–Crippen MR) is 80.4 cm³/mol. The molecule has 106 valence electrons. The van der Waals surface area contributed by atoms with Crippen LogP contribution in [0.3, 0.4) is 0 Å². The number of nitrogens with one attached hydrogen (secondary N) is 1. The maximum absolute atomic E-state index is 10.3. The highest BCUT2D eigenvalue weighted by Gasteiger charge is 2.18. The molecule has 0 bridgehead atoms. The molecular formula is C17H27NO. The van der Waals surface area contributed by atoms with Crippen molar-refractivity contribution < 1.29 is 5.11 Å². The van der Waals surface area contributed by atoms with Gasteiger partial charge >= 0.3 is 0 Å². The molecule has 0 radical (unpaired) electrons. The number of hydrogen-bond donors (Lipinski definition) is 2. The van der Waals surface area contributed by atoms with E-state index >= 15 is 0 Å². The van der Waals surface area contributed by atoms with E-state index in [1.165, 1.54) is 37.7 Å². The summed E-state index contributed by atoms with van der Waals surface area (Å²) in [4.78, 5) is 0. The van der Waals surface area contributed by atoms with Gasteiger partial charge in [0.25, 0.3) is 0 Å². The van der Waals surface area contributed by atoms with Gasteiger partial charge in [-0.3, -0.25) is 0 Å². The minimum Gasteiger partial charge on any atom is -0.387 e. The Bertz CT molecular complexity index is 367. The largest absolute Gasteiger partial charge is 0.387 e. The van der Waals surface area contributed by atoms with Crippen molar-refractivity contribution in [1.29, 1.82) is 0 Å². The minimum atomic E-state index is -0.416. The lowest BCUT2D eigenvalue weighted by molar-refractivity contribution is 0.137. The highest BCUT2D eigenvalue weighted by atomic mass is 16.3. The average molecular weight is 261 g/mol. The Morgan fingerprint density at radius 3 is 2.37 bits per heavy atom. The second-order valence-electron chi connectivity index (χ2n) is 5.79. The van der Waals surface area contributed by atoms with Crippen LogP contribution in [0.4, 0.5) is 0 Å². The molecule has 0 saturated heterocycles. The molecule has 0 spiro atoms. The first kappa shape index (κ1) is 14.5. The van der Waals surface area contributed by atoms with Crippen molar-refractivity contribution in [3.8, 4) is 0 Å². The molecule has 1 fully saturated rings. The Morgan fingerprint density at radius 2 is 1.79 bits per heavy atom. The summed E-state index contributed by atoms with van der Waals surface area (Å²) in [5.74, 6) is 0.742. The molecule has 2 N–H and O–H groups in total. The molecule has 2 rings (SSSR count). The second-order valence-corrected chi connectivity index (χ2v) is 5.79. The first-order valence-corrected chi connectivity index (χ1v) is 7.73. The summed E-state index contributed by atoms with van der Waals surface area (Å²) in [6.07, 6.45) is 6.37. The Balaban J connectivity index is 2.01. The summed E-state index contributed by atoms with van der Waals surface area (Å²) in [5.41, 5.74) is 2.47. The molecule has 0 heterocycles. The highest BCUT2D eigenvalue weighted by Crippen LogP contribution is 2.33. The van der Waals surface area contributed by atoms with E-state index in [0.29, 0.717) is 0 Å². The average Bonchev–Trinajstić information content (AvgIpc) is 2.48. The smallest absolute Gasteiger partial charge is 0.0940 e. The monoisotopic (exact) mass is 261 g/mol. The molecule has 1 aromatic carbocycles. The molecule has 2 nitrogen and oxygen atoms in total. The Morgan fingerprint density at radius 1 is 1.16 bits per heavy atom. The first-order chi connectivity index (χ1) is 9.22. The van der Waals surface area contributed by atoms with E-state index in [-0.39, 0.29) is 6.04 Å². The van der Waals surface area contributed by atoms with Crippen LogP contribution in [-0.4, -0.2) is 17.7 Å². The molecule has 19 heavy (non-hydrogen) atoms. The van der Waals surface area contributed by atoms with Gasteiger partial charge in [-0.2, -0.15) is 0 Å². The van der Waals surface area contributed by atoms with Gasteiger partial charge in [0.15, 0.2) is 0 Å². The van der Waals surface area contributed by atoms with E-state index < -0.39 is 6.10 Å². The quantitative estimate of drug-likeness (QED) is 0.845. The van der Waals surface area contributed by atoms with Gasteiger partial charge in [0.2, 0.25) is 0 Å². The number of likely N-dealkylation sites (N-methyl/N-ethyl adjacent to an activating group) is 1. The van der Waals surface area contributed by atoms with E-state index in [1.54, 1.807) is 0 Å². The van der Waals surface area contributed by atoms with E-state index in [9.17, 15) is 5.11 Å². The van der Waals surface area contributed by atoms with Crippen molar-refractivity contribution in [3.05, 3.63) is 35.4 Å². The zero-order chi connectivity index (χ0) is 13.7. The molecule has 0 aliphatic heterocycles. The molecule has 1 aliphatic rings. The van der Waals surface area contributed by atoms with Crippen LogP contribution < -0.4 is 5.32 Å². The molecule has 0 aromatic heterocycles. The molecule has 1 aliphatic carbocycles. The van der Waals surface area contributed by atoms with Crippen molar-refractivity contribution in [1.82, 2.24) is 5.32 Å². The normalized spacial score (nSPS) is 20.2. The number of benzene rings is 1. The van der Waals surface area contributed by atoms with E-state index in [2.05, 4.69) is 36.5 Å². The summed E-state index contributed by atoms with van der Waals surface area (Å²) in [6.45, 7) is 4.98. The summed E-state index contributed by atoms with van der Waals surface area (Å²) in [6, 6.07) is 8.73. The third kappa shape index (κ3) is 3.80. The number of rotatable bonds is 5. The zero-order valence-corrected chi connectivity index (χ0v) is 12.2. The van der Waals surface area contributed by atoms with Crippen LogP contribution in [0.1, 0.15) is 69.1 Å². The minimum absolute atomic E-state index is 0.102. The van der Waals surface area contributed by atoms with Gasteiger partial charge in [-0.15, -0.1) is 0 Å². The second kappa shape index (κ2) is 7.06. The lowest BCUT2D eigenvalue weighted by Crippen LogP contribution is -2.31. The maximum Gasteiger partial charge on any atom is 0.0940 e. The van der Waals surface area contributed by atoms with Gasteiger partial charge in [0.05, 0.1) is 6.10 Å². The van der Waals surface area contributed by atoms with Gasteiger partial charge in [-0.1, -0.05) is 50.5 Å². The van der Waals surface area contributed by atoms with Crippen molar-refractivity contribution in [2.24, 2.45) is 0 Å². The molecule has 1 saturated carbocycles. The third-order valence-electron chi connectivity index (χ3n) is 4.35. The maximum atomic E-state index is 10.3. The standard InChI is InChI=1S/C17H27NO/c1-3-18-13(2)17(19)16-11-9-15(10-12-16)14-7-5-4-6-8-14/h9-14,17-19H,3-8H2,1-2H3. The molecular weight excluding hydrogens is 234 g/mol. The van der Waals surface area contributed by atoms with Crippen molar-refractivity contribution >= 4 is 0 Å². The van der Waals surface area contributed by atoms with Crippen LogP contribution in [-0.2, 0) is 0 Å². The number of aliphatic hydroxyl groups is 1. The summed E-state index contributed by atoms with van der Waals surface area (Å²) in [7, 11) is 0. The fourth-order valence-corrected chi connectivity index (χ4v) is 3.12. The van der Waals surface area contributed by atoms with Crippen LogP contribution in [0.5, 0.6) is 0 Å². The van der Waals surface area contributed by atoms with Crippen LogP contribution >= 0.6 is 0 Å².